The molecule has 0 unspecified atom stereocenters. The number of anilines is 1. The minimum atomic E-state index is 0.491. The molecule has 0 aliphatic heterocycles. The third-order valence-corrected chi connectivity index (χ3v) is 2.98. The van der Waals surface area contributed by atoms with E-state index in [-0.39, 0.29) is 0 Å². The van der Waals surface area contributed by atoms with E-state index < -0.39 is 0 Å². The van der Waals surface area contributed by atoms with Gasteiger partial charge in [-0.15, -0.1) is 20.4 Å². The standard InChI is InChI=1S/C10H10ClN5S/c1-16(2)9-12-14-10(15-13-9)17-8-5-3-7(11)4-6-8/h3-6H,1-2H3. The van der Waals surface area contributed by atoms with Gasteiger partial charge in [-0.25, -0.2) is 0 Å². The van der Waals surface area contributed by atoms with Crippen LogP contribution in [-0.2, 0) is 0 Å². The molecule has 17 heavy (non-hydrogen) atoms. The van der Waals surface area contributed by atoms with E-state index in [2.05, 4.69) is 20.4 Å². The highest BCUT2D eigenvalue weighted by Gasteiger charge is 2.04. The maximum Gasteiger partial charge on any atom is 0.264 e. The zero-order valence-corrected chi connectivity index (χ0v) is 10.9. The van der Waals surface area contributed by atoms with Crippen molar-refractivity contribution in [2.24, 2.45) is 0 Å². The van der Waals surface area contributed by atoms with E-state index in [1.54, 1.807) is 4.90 Å². The van der Waals surface area contributed by atoms with Crippen LogP contribution in [0.4, 0.5) is 5.95 Å². The van der Waals surface area contributed by atoms with Crippen LogP contribution in [0, 0.1) is 0 Å². The summed E-state index contributed by atoms with van der Waals surface area (Å²) in [5, 5.41) is 17.1. The van der Waals surface area contributed by atoms with Gasteiger partial charge in [0.25, 0.3) is 5.95 Å². The lowest BCUT2D eigenvalue weighted by atomic mass is 10.4. The topological polar surface area (TPSA) is 54.8 Å². The van der Waals surface area contributed by atoms with Gasteiger partial charge in [0.1, 0.15) is 0 Å². The number of hydrogen-bond acceptors (Lipinski definition) is 6. The average molecular weight is 268 g/mol. The van der Waals surface area contributed by atoms with E-state index in [1.807, 2.05) is 38.4 Å². The normalized spacial score (nSPS) is 10.3. The summed E-state index contributed by atoms with van der Waals surface area (Å²) >= 11 is 7.19. The molecule has 0 saturated carbocycles. The Hall–Kier alpha value is -1.40. The Kier molecular flexibility index (Phi) is 3.75. The molecule has 0 aliphatic rings. The monoisotopic (exact) mass is 267 g/mol. The van der Waals surface area contributed by atoms with Crippen molar-refractivity contribution in [3.8, 4) is 0 Å². The van der Waals surface area contributed by atoms with Crippen LogP contribution < -0.4 is 4.90 Å². The van der Waals surface area contributed by atoms with Crippen LogP contribution >= 0.6 is 23.4 Å². The highest BCUT2D eigenvalue weighted by Crippen LogP contribution is 2.24. The Bertz CT molecular complexity index is 485. The first-order valence-corrected chi connectivity index (χ1v) is 6.03. The molecule has 0 saturated heterocycles. The van der Waals surface area contributed by atoms with Gasteiger partial charge < -0.3 is 4.90 Å². The predicted octanol–water partition coefficient (Wildman–Crippen LogP) is 2.14. The van der Waals surface area contributed by atoms with Crippen LogP contribution in [-0.4, -0.2) is 34.5 Å². The van der Waals surface area contributed by atoms with Gasteiger partial charge >= 0.3 is 0 Å². The second-order valence-electron chi connectivity index (χ2n) is 3.43. The van der Waals surface area contributed by atoms with Crippen LogP contribution in [0.2, 0.25) is 5.02 Å². The molecule has 0 radical (unpaired) electrons. The Morgan fingerprint density at radius 3 is 2.12 bits per heavy atom. The van der Waals surface area contributed by atoms with Crippen molar-refractivity contribution in [3.05, 3.63) is 29.3 Å². The van der Waals surface area contributed by atoms with Gasteiger partial charge in [-0.05, 0) is 36.0 Å². The molecule has 0 N–H and O–H groups in total. The first-order chi connectivity index (χ1) is 8.15. The Morgan fingerprint density at radius 2 is 1.59 bits per heavy atom. The van der Waals surface area contributed by atoms with E-state index in [0.717, 1.165) is 4.90 Å². The Labute approximate surface area is 108 Å². The molecule has 0 bridgehead atoms. The summed E-state index contributed by atoms with van der Waals surface area (Å²) in [5.41, 5.74) is 0. The van der Waals surface area contributed by atoms with E-state index >= 15 is 0 Å². The molecule has 0 spiro atoms. The van der Waals surface area contributed by atoms with Gasteiger partial charge in [0.15, 0.2) is 0 Å². The number of benzene rings is 1. The third-order valence-electron chi connectivity index (χ3n) is 1.87. The van der Waals surface area contributed by atoms with Crippen molar-refractivity contribution in [1.82, 2.24) is 20.4 Å². The van der Waals surface area contributed by atoms with Gasteiger partial charge in [0.05, 0.1) is 0 Å². The zero-order chi connectivity index (χ0) is 12.3. The molecule has 1 heterocycles. The second kappa shape index (κ2) is 5.29. The molecule has 1 aromatic carbocycles. The van der Waals surface area contributed by atoms with Crippen molar-refractivity contribution >= 4 is 29.3 Å². The van der Waals surface area contributed by atoms with Crippen LogP contribution in [0.1, 0.15) is 0 Å². The minimum Gasteiger partial charge on any atom is -0.344 e. The Balaban J connectivity index is 2.11. The molecular weight excluding hydrogens is 258 g/mol. The zero-order valence-electron chi connectivity index (χ0n) is 9.33. The lowest BCUT2D eigenvalue weighted by molar-refractivity contribution is 0.731. The van der Waals surface area contributed by atoms with Crippen molar-refractivity contribution in [1.29, 1.82) is 0 Å². The van der Waals surface area contributed by atoms with Crippen molar-refractivity contribution in [2.75, 3.05) is 19.0 Å². The fourth-order valence-electron chi connectivity index (χ4n) is 1.04. The quantitative estimate of drug-likeness (QED) is 0.849. The molecule has 0 atom stereocenters. The number of rotatable bonds is 3. The number of halogens is 1. The van der Waals surface area contributed by atoms with Crippen LogP contribution in [0.5, 0.6) is 0 Å². The largest absolute Gasteiger partial charge is 0.344 e. The molecular formula is C10H10ClN5S. The summed E-state index contributed by atoms with van der Waals surface area (Å²) in [5.74, 6) is 0.491. The summed E-state index contributed by atoms with van der Waals surface area (Å²) in [6.07, 6.45) is 0. The van der Waals surface area contributed by atoms with Crippen LogP contribution in [0.15, 0.2) is 34.3 Å². The molecule has 5 nitrogen and oxygen atoms in total. The summed E-state index contributed by atoms with van der Waals surface area (Å²) in [4.78, 5) is 2.74. The SMILES string of the molecule is CN(C)c1nnc(Sc2ccc(Cl)cc2)nn1. The maximum atomic E-state index is 5.80. The first-order valence-electron chi connectivity index (χ1n) is 4.83. The summed E-state index contributed by atoms with van der Waals surface area (Å²) in [6.45, 7) is 0. The first kappa shape index (κ1) is 12.1. The van der Waals surface area contributed by atoms with Crippen LogP contribution in [0.25, 0.3) is 0 Å². The summed E-state index contributed by atoms with van der Waals surface area (Å²) in [6, 6.07) is 7.43. The summed E-state index contributed by atoms with van der Waals surface area (Å²) in [7, 11) is 3.68. The number of nitrogens with zero attached hydrogens (tertiary/aromatic N) is 5. The molecule has 88 valence electrons. The second-order valence-corrected chi connectivity index (χ2v) is 4.91. The van der Waals surface area contributed by atoms with E-state index in [4.69, 9.17) is 11.6 Å². The fraction of sp³-hybridized carbons (Fsp3) is 0.200. The van der Waals surface area contributed by atoms with Gasteiger partial charge in [0, 0.05) is 24.0 Å². The maximum absolute atomic E-state index is 5.80. The average Bonchev–Trinajstić information content (AvgIpc) is 2.33. The third kappa shape index (κ3) is 3.28. The smallest absolute Gasteiger partial charge is 0.264 e. The van der Waals surface area contributed by atoms with Gasteiger partial charge in [-0.2, -0.15) is 0 Å². The highest BCUT2D eigenvalue weighted by atomic mass is 35.5. The van der Waals surface area contributed by atoms with Crippen molar-refractivity contribution < 1.29 is 0 Å². The predicted molar refractivity (Wildman–Crippen MR) is 67.5 cm³/mol. The molecule has 7 heteroatoms. The fourth-order valence-corrected chi connectivity index (χ4v) is 1.82. The summed E-state index contributed by atoms with van der Waals surface area (Å²) < 4.78 is 0. The highest BCUT2D eigenvalue weighted by molar-refractivity contribution is 7.99. The van der Waals surface area contributed by atoms with Gasteiger partial charge in [0.2, 0.25) is 5.16 Å². The van der Waals surface area contributed by atoms with Gasteiger partial charge in [-0.3, -0.25) is 0 Å². The lowest BCUT2D eigenvalue weighted by Crippen LogP contribution is -2.14. The van der Waals surface area contributed by atoms with Crippen molar-refractivity contribution in [3.63, 3.8) is 0 Å². The lowest BCUT2D eigenvalue weighted by Gasteiger charge is -2.07. The molecule has 2 rings (SSSR count). The molecule has 0 amide bonds. The van der Waals surface area contributed by atoms with Crippen molar-refractivity contribution in [2.45, 2.75) is 10.1 Å². The van der Waals surface area contributed by atoms with Gasteiger partial charge in [-0.1, -0.05) is 11.6 Å². The van der Waals surface area contributed by atoms with Crippen LogP contribution in [0.3, 0.4) is 0 Å². The molecule has 1 aromatic heterocycles. The Morgan fingerprint density at radius 1 is 1.00 bits per heavy atom. The van der Waals surface area contributed by atoms with E-state index in [9.17, 15) is 0 Å². The number of aromatic nitrogens is 4. The molecule has 0 aliphatic carbocycles. The van der Waals surface area contributed by atoms with E-state index in [0.29, 0.717) is 16.1 Å². The molecule has 2 aromatic rings. The van der Waals surface area contributed by atoms with E-state index in [1.165, 1.54) is 11.8 Å². The molecule has 0 fully saturated rings. The minimum absolute atomic E-state index is 0.491. The number of hydrogen-bond donors (Lipinski definition) is 0.